The van der Waals surface area contributed by atoms with E-state index < -0.39 is 0 Å². The Morgan fingerprint density at radius 2 is 0.963 bits per heavy atom. The Kier molecular flexibility index (Phi) is 7.00. The summed E-state index contributed by atoms with van der Waals surface area (Å²) in [5.41, 5.74) is 8.84. The molecule has 0 unspecified atom stereocenters. The summed E-state index contributed by atoms with van der Waals surface area (Å²) in [6.45, 7) is 0. The van der Waals surface area contributed by atoms with Crippen molar-refractivity contribution in [2.75, 3.05) is 0 Å². The first-order valence-electron chi connectivity index (χ1n) is 18.0. The van der Waals surface area contributed by atoms with Gasteiger partial charge < -0.3 is 4.42 Å². The van der Waals surface area contributed by atoms with E-state index in [1.165, 1.54) is 25.6 Å². The summed E-state index contributed by atoms with van der Waals surface area (Å²) in [5.74, 6) is 1.82. The lowest BCUT2D eigenvalue weighted by Crippen LogP contribution is -2.01. The van der Waals surface area contributed by atoms with E-state index in [4.69, 9.17) is 19.4 Å². The summed E-state index contributed by atoms with van der Waals surface area (Å²) in [6, 6.07) is 61.4. The van der Waals surface area contributed by atoms with Gasteiger partial charge in [-0.1, -0.05) is 152 Å². The van der Waals surface area contributed by atoms with Crippen molar-refractivity contribution >= 4 is 64.2 Å². The van der Waals surface area contributed by atoms with Crippen molar-refractivity contribution in [1.29, 1.82) is 0 Å². The van der Waals surface area contributed by atoms with Crippen LogP contribution in [-0.4, -0.2) is 15.0 Å². The predicted octanol–water partition coefficient (Wildman–Crippen LogP) is 13.6. The quantitative estimate of drug-likeness (QED) is 0.179. The zero-order valence-electron chi connectivity index (χ0n) is 28.9. The molecule has 0 N–H and O–H groups in total. The first-order chi connectivity index (χ1) is 26.8. The van der Waals surface area contributed by atoms with Gasteiger partial charge in [0.15, 0.2) is 17.5 Å². The summed E-state index contributed by atoms with van der Waals surface area (Å²) in [5, 5.41) is 6.85. The number of benzene rings is 8. The van der Waals surface area contributed by atoms with Crippen molar-refractivity contribution in [2.24, 2.45) is 0 Å². The van der Waals surface area contributed by atoms with Gasteiger partial charge in [-0.2, -0.15) is 0 Å². The van der Waals surface area contributed by atoms with Crippen LogP contribution in [0, 0.1) is 0 Å². The molecule has 3 heterocycles. The summed E-state index contributed by atoms with van der Waals surface area (Å²) in [6.07, 6.45) is 0. The molecule has 0 aliphatic heterocycles. The maximum absolute atomic E-state index is 6.53. The number of aromatic nitrogens is 3. The van der Waals surface area contributed by atoms with Crippen LogP contribution in [0.5, 0.6) is 0 Å². The van der Waals surface area contributed by atoms with E-state index in [9.17, 15) is 0 Å². The molecule has 5 heteroatoms. The van der Waals surface area contributed by atoms with Gasteiger partial charge in [-0.15, -0.1) is 11.3 Å². The fraction of sp³-hybridized carbons (Fsp3) is 0. The molecule has 0 saturated heterocycles. The molecule has 0 saturated carbocycles. The zero-order chi connectivity index (χ0) is 35.6. The largest absolute Gasteiger partial charge is 0.456 e. The molecule has 0 aliphatic rings. The molecule has 0 spiro atoms. The van der Waals surface area contributed by atoms with Crippen LogP contribution >= 0.6 is 11.3 Å². The van der Waals surface area contributed by atoms with Crippen LogP contribution in [-0.2, 0) is 0 Å². The summed E-state index contributed by atoms with van der Waals surface area (Å²) in [7, 11) is 0. The van der Waals surface area contributed by atoms with Crippen molar-refractivity contribution in [2.45, 2.75) is 0 Å². The first-order valence-corrected chi connectivity index (χ1v) is 18.8. The molecular formula is C49H29N3OS. The van der Waals surface area contributed by atoms with Crippen LogP contribution in [0.1, 0.15) is 0 Å². The highest BCUT2D eigenvalue weighted by Crippen LogP contribution is 2.44. The SMILES string of the molecule is c1ccc(-c2cccc3oc4cccc(-c5nc(-c6ccc7ccccc7c6)nc(-c6ccccc6-c6cccc7c6sc6ccccc67)n5)c4c23)cc1. The number of thiophene rings is 1. The summed E-state index contributed by atoms with van der Waals surface area (Å²) >= 11 is 1.83. The number of nitrogens with zero attached hydrogens (tertiary/aromatic N) is 3. The molecule has 8 aromatic carbocycles. The number of furan rings is 1. The first kappa shape index (κ1) is 30.7. The van der Waals surface area contributed by atoms with E-state index in [2.05, 4.69) is 152 Å². The molecule has 4 nitrogen and oxygen atoms in total. The highest BCUT2D eigenvalue weighted by molar-refractivity contribution is 7.26. The van der Waals surface area contributed by atoms with E-state index in [1.807, 2.05) is 35.6 Å². The van der Waals surface area contributed by atoms with Gasteiger partial charge >= 0.3 is 0 Å². The third-order valence-electron chi connectivity index (χ3n) is 10.4. The molecule has 11 aromatic rings. The molecule has 252 valence electrons. The molecule has 0 atom stereocenters. The molecule has 0 fully saturated rings. The monoisotopic (exact) mass is 707 g/mol. The van der Waals surface area contributed by atoms with Crippen molar-refractivity contribution in [3.05, 3.63) is 176 Å². The molecule has 54 heavy (non-hydrogen) atoms. The van der Waals surface area contributed by atoms with E-state index in [0.717, 1.165) is 66.3 Å². The van der Waals surface area contributed by atoms with Gasteiger partial charge in [0.25, 0.3) is 0 Å². The molecule has 0 amide bonds. The minimum Gasteiger partial charge on any atom is -0.456 e. The zero-order valence-corrected chi connectivity index (χ0v) is 29.7. The van der Waals surface area contributed by atoms with Gasteiger partial charge in [-0.05, 0) is 51.7 Å². The second-order valence-electron chi connectivity index (χ2n) is 13.5. The third-order valence-corrected chi connectivity index (χ3v) is 11.6. The van der Waals surface area contributed by atoms with Gasteiger partial charge in [0.2, 0.25) is 0 Å². The van der Waals surface area contributed by atoms with Crippen LogP contribution in [0.15, 0.2) is 180 Å². The molecule has 0 radical (unpaired) electrons. The molecule has 3 aromatic heterocycles. The lowest BCUT2D eigenvalue weighted by atomic mass is 9.96. The average Bonchev–Trinajstić information content (AvgIpc) is 3.82. The summed E-state index contributed by atoms with van der Waals surface area (Å²) in [4.78, 5) is 15.9. The fourth-order valence-corrected chi connectivity index (χ4v) is 9.09. The standard InChI is InChI=1S/C49H29N3OS/c1-2-14-31(15-3-1)34-20-11-24-41-44(34)45-40(23-12-25-42(45)53-41)49-51-47(33-28-27-30-13-4-5-16-32(30)29-33)50-48(52-49)39-19-7-6-17-35(39)37-21-10-22-38-36-18-8-9-26-43(36)54-46(37)38/h1-29H. The molecular weight excluding hydrogens is 679 g/mol. The van der Waals surface area contributed by atoms with Crippen LogP contribution in [0.2, 0.25) is 0 Å². The minimum atomic E-state index is 0.592. The van der Waals surface area contributed by atoms with Crippen molar-refractivity contribution in [1.82, 2.24) is 15.0 Å². The fourth-order valence-electron chi connectivity index (χ4n) is 7.86. The number of fused-ring (bicyclic) bond motifs is 7. The Morgan fingerprint density at radius 1 is 0.370 bits per heavy atom. The van der Waals surface area contributed by atoms with Gasteiger partial charge in [0.1, 0.15) is 11.2 Å². The highest BCUT2D eigenvalue weighted by Gasteiger charge is 2.22. The second-order valence-corrected chi connectivity index (χ2v) is 14.6. The molecule has 11 rings (SSSR count). The van der Waals surface area contributed by atoms with Crippen molar-refractivity contribution in [3.63, 3.8) is 0 Å². The van der Waals surface area contributed by atoms with Crippen LogP contribution in [0.25, 0.3) is 109 Å². The minimum absolute atomic E-state index is 0.592. The number of rotatable bonds is 5. The predicted molar refractivity (Wildman–Crippen MR) is 225 cm³/mol. The van der Waals surface area contributed by atoms with Gasteiger partial charge in [0.05, 0.1) is 0 Å². The lowest BCUT2D eigenvalue weighted by Gasteiger charge is -2.13. The maximum Gasteiger partial charge on any atom is 0.164 e. The summed E-state index contributed by atoms with van der Waals surface area (Å²) < 4.78 is 9.05. The number of hydrogen-bond donors (Lipinski definition) is 0. The number of hydrogen-bond acceptors (Lipinski definition) is 5. The highest BCUT2D eigenvalue weighted by atomic mass is 32.1. The topological polar surface area (TPSA) is 51.8 Å². The lowest BCUT2D eigenvalue weighted by molar-refractivity contribution is 0.669. The van der Waals surface area contributed by atoms with Crippen LogP contribution in [0.3, 0.4) is 0 Å². The maximum atomic E-state index is 6.53. The van der Waals surface area contributed by atoms with Crippen LogP contribution < -0.4 is 0 Å². The Labute approximate surface area is 314 Å². The smallest absolute Gasteiger partial charge is 0.164 e. The van der Waals surface area contributed by atoms with E-state index in [0.29, 0.717) is 17.5 Å². The average molecular weight is 708 g/mol. The second kappa shape index (κ2) is 12.3. The Bertz CT molecular complexity index is 3230. The van der Waals surface area contributed by atoms with Gasteiger partial charge in [-0.3, -0.25) is 0 Å². The Hall–Kier alpha value is -6.95. The molecule has 0 bridgehead atoms. The van der Waals surface area contributed by atoms with Crippen molar-refractivity contribution in [3.8, 4) is 56.4 Å². The van der Waals surface area contributed by atoms with E-state index in [-0.39, 0.29) is 0 Å². The van der Waals surface area contributed by atoms with E-state index >= 15 is 0 Å². The van der Waals surface area contributed by atoms with Gasteiger partial charge in [0, 0.05) is 53.2 Å². The molecule has 0 aliphatic carbocycles. The Morgan fingerprint density at radius 3 is 1.81 bits per heavy atom. The third kappa shape index (κ3) is 4.94. The van der Waals surface area contributed by atoms with E-state index in [1.54, 1.807) is 0 Å². The van der Waals surface area contributed by atoms with Gasteiger partial charge in [-0.25, -0.2) is 15.0 Å². The normalized spacial score (nSPS) is 11.7. The Balaban J connectivity index is 1.19. The van der Waals surface area contributed by atoms with Crippen LogP contribution in [0.4, 0.5) is 0 Å². The van der Waals surface area contributed by atoms with Crippen molar-refractivity contribution < 1.29 is 4.42 Å².